The van der Waals surface area contributed by atoms with Gasteiger partial charge in [0.25, 0.3) is 0 Å². The van der Waals surface area contributed by atoms with Crippen LogP contribution in [0, 0.1) is 0 Å². The Balaban J connectivity index is 2.64. The highest BCUT2D eigenvalue weighted by Gasteiger charge is 2.10. The monoisotopic (exact) mass is 170 g/mol. The molecule has 0 aliphatic rings. The van der Waals surface area contributed by atoms with Crippen LogP contribution in [-0.4, -0.2) is 26.8 Å². The fourth-order valence-corrected chi connectivity index (χ4v) is 0.688. The van der Waals surface area contributed by atoms with Crippen LogP contribution in [-0.2, 0) is 4.79 Å². The van der Waals surface area contributed by atoms with E-state index in [0.717, 1.165) is 0 Å². The molecule has 1 heterocycles. The summed E-state index contributed by atoms with van der Waals surface area (Å²) in [5, 5.41) is 8.53. The van der Waals surface area contributed by atoms with Crippen LogP contribution < -0.4 is 11.2 Å². The summed E-state index contributed by atoms with van der Waals surface area (Å²) in [6.07, 6.45) is 3.03. The van der Waals surface area contributed by atoms with Crippen LogP contribution in [0.25, 0.3) is 0 Å². The van der Waals surface area contributed by atoms with Crippen LogP contribution in [0.4, 0.5) is 5.95 Å². The summed E-state index contributed by atoms with van der Waals surface area (Å²) < 4.78 is 1.36. The number of nitrogens with zero attached hydrogens (tertiary/aromatic N) is 2. The summed E-state index contributed by atoms with van der Waals surface area (Å²) in [5.74, 6) is -0.703. The second kappa shape index (κ2) is 3.12. The zero-order chi connectivity index (χ0) is 9.14. The first kappa shape index (κ1) is 8.38. The van der Waals surface area contributed by atoms with Crippen molar-refractivity contribution in [1.29, 1.82) is 0 Å². The zero-order valence-electron chi connectivity index (χ0n) is 6.56. The molecule has 6 nitrogen and oxygen atoms in total. The summed E-state index contributed by atoms with van der Waals surface area (Å²) in [5.41, 5.74) is 8.00. The molecule has 0 aliphatic carbocycles. The molecule has 0 saturated heterocycles. The fourth-order valence-electron chi connectivity index (χ4n) is 0.688. The molecule has 0 bridgehead atoms. The molecule has 0 aliphatic heterocycles. The van der Waals surface area contributed by atoms with Crippen molar-refractivity contribution in [3.63, 3.8) is 0 Å². The number of imidazole rings is 1. The first-order valence-electron chi connectivity index (χ1n) is 3.39. The number of nitrogens with two attached hydrogens (primary N) is 1. The Bertz CT molecular complexity index is 283. The number of nitrogen functional groups attached to an aromatic ring is 1. The second-order valence-corrected chi connectivity index (χ2v) is 2.34. The van der Waals surface area contributed by atoms with E-state index in [-0.39, 0.29) is 5.95 Å². The normalized spacial score (nSPS) is 12.4. The molecule has 0 radical (unpaired) electrons. The molecule has 6 heteroatoms. The summed E-state index contributed by atoms with van der Waals surface area (Å²) in [4.78, 5) is 14.1. The minimum atomic E-state index is -0.942. The SMILES string of the molecule is C[C@H](Nn1ccnc1N)C(=O)O. The number of hydrogen-bond acceptors (Lipinski definition) is 4. The van der Waals surface area contributed by atoms with Gasteiger partial charge in [0, 0.05) is 12.4 Å². The van der Waals surface area contributed by atoms with Crippen molar-refractivity contribution in [2.24, 2.45) is 0 Å². The van der Waals surface area contributed by atoms with Crippen molar-refractivity contribution in [1.82, 2.24) is 9.66 Å². The Morgan fingerprint density at radius 2 is 2.58 bits per heavy atom. The number of carboxylic acid groups (broad SMARTS) is 1. The number of carbonyl (C=O) groups is 1. The number of nitrogens with one attached hydrogen (secondary N) is 1. The average molecular weight is 170 g/mol. The van der Waals surface area contributed by atoms with E-state index in [1.807, 2.05) is 0 Å². The number of aromatic nitrogens is 2. The number of aliphatic carboxylic acids is 1. The van der Waals surface area contributed by atoms with E-state index in [2.05, 4.69) is 10.4 Å². The molecule has 0 spiro atoms. The molecule has 1 rings (SSSR count). The van der Waals surface area contributed by atoms with Crippen molar-refractivity contribution in [3.05, 3.63) is 12.4 Å². The predicted molar refractivity (Wildman–Crippen MR) is 43.1 cm³/mol. The van der Waals surface area contributed by atoms with Gasteiger partial charge >= 0.3 is 5.97 Å². The highest BCUT2D eigenvalue weighted by atomic mass is 16.4. The Morgan fingerprint density at radius 1 is 1.92 bits per heavy atom. The molecule has 66 valence electrons. The molecular formula is C6H10N4O2. The molecule has 0 saturated carbocycles. The lowest BCUT2D eigenvalue weighted by Crippen LogP contribution is -2.32. The van der Waals surface area contributed by atoms with Crippen LogP contribution in [0.5, 0.6) is 0 Å². The number of carboxylic acids is 1. The number of rotatable bonds is 3. The van der Waals surface area contributed by atoms with Crippen LogP contribution in [0.1, 0.15) is 6.92 Å². The standard InChI is InChI=1S/C6H10N4O2/c1-4(5(11)12)9-10-3-2-8-6(10)7/h2-4,9H,1H3,(H2,7,8)(H,11,12)/t4-/m0/s1. The zero-order valence-corrected chi connectivity index (χ0v) is 6.56. The van der Waals surface area contributed by atoms with E-state index in [0.29, 0.717) is 0 Å². The molecule has 1 aromatic heterocycles. The summed E-state index contributed by atoms with van der Waals surface area (Å²) in [6.45, 7) is 1.52. The third-order valence-electron chi connectivity index (χ3n) is 1.37. The summed E-state index contributed by atoms with van der Waals surface area (Å²) in [6, 6.07) is -0.693. The summed E-state index contributed by atoms with van der Waals surface area (Å²) in [7, 11) is 0. The third kappa shape index (κ3) is 1.66. The Hall–Kier alpha value is -1.72. The van der Waals surface area contributed by atoms with E-state index >= 15 is 0 Å². The van der Waals surface area contributed by atoms with Gasteiger partial charge in [-0.05, 0) is 6.92 Å². The van der Waals surface area contributed by atoms with Crippen molar-refractivity contribution < 1.29 is 9.90 Å². The molecule has 12 heavy (non-hydrogen) atoms. The lowest BCUT2D eigenvalue weighted by atomic mass is 10.4. The minimum absolute atomic E-state index is 0.239. The van der Waals surface area contributed by atoms with Crippen LogP contribution in [0.15, 0.2) is 12.4 Å². The van der Waals surface area contributed by atoms with Crippen molar-refractivity contribution >= 4 is 11.9 Å². The van der Waals surface area contributed by atoms with Crippen LogP contribution >= 0.6 is 0 Å². The van der Waals surface area contributed by atoms with Gasteiger partial charge < -0.3 is 16.3 Å². The van der Waals surface area contributed by atoms with Gasteiger partial charge in [-0.2, -0.15) is 0 Å². The van der Waals surface area contributed by atoms with Gasteiger partial charge in [0.05, 0.1) is 0 Å². The average Bonchev–Trinajstić information content (AvgIpc) is 2.36. The Labute approximate surface area is 69.0 Å². The van der Waals surface area contributed by atoms with E-state index in [1.165, 1.54) is 17.8 Å². The highest BCUT2D eigenvalue weighted by molar-refractivity contribution is 5.74. The van der Waals surface area contributed by atoms with Gasteiger partial charge in [-0.3, -0.25) is 0 Å². The quantitative estimate of drug-likeness (QED) is 0.567. The maximum atomic E-state index is 10.4. The maximum Gasteiger partial charge on any atom is 0.327 e. The van der Waals surface area contributed by atoms with E-state index in [9.17, 15) is 4.79 Å². The molecule has 0 amide bonds. The topological polar surface area (TPSA) is 93.2 Å². The van der Waals surface area contributed by atoms with Crippen molar-refractivity contribution in [2.45, 2.75) is 13.0 Å². The number of hydrogen-bond donors (Lipinski definition) is 3. The maximum absolute atomic E-state index is 10.4. The van der Waals surface area contributed by atoms with Crippen LogP contribution in [0.2, 0.25) is 0 Å². The predicted octanol–water partition coefficient (Wildman–Crippen LogP) is -0.518. The molecule has 0 aromatic carbocycles. The van der Waals surface area contributed by atoms with Gasteiger partial charge in [0.2, 0.25) is 5.95 Å². The van der Waals surface area contributed by atoms with Gasteiger partial charge in [-0.25, -0.2) is 14.5 Å². The van der Waals surface area contributed by atoms with Gasteiger partial charge in [-0.15, -0.1) is 0 Å². The van der Waals surface area contributed by atoms with Gasteiger partial charge in [-0.1, -0.05) is 0 Å². The molecule has 0 unspecified atom stereocenters. The molecule has 1 aromatic rings. The third-order valence-corrected chi connectivity index (χ3v) is 1.37. The summed E-state index contributed by atoms with van der Waals surface area (Å²) >= 11 is 0. The van der Waals surface area contributed by atoms with Gasteiger partial charge in [0.15, 0.2) is 0 Å². The van der Waals surface area contributed by atoms with Crippen LogP contribution in [0.3, 0.4) is 0 Å². The van der Waals surface area contributed by atoms with E-state index < -0.39 is 12.0 Å². The Morgan fingerprint density at radius 3 is 3.00 bits per heavy atom. The lowest BCUT2D eigenvalue weighted by Gasteiger charge is -2.11. The second-order valence-electron chi connectivity index (χ2n) is 2.34. The highest BCUT2D eigenvalue weighted by Crippen LogP contribution is 1.95. The van der Waals surface area contributed by atoms with Gasteiger partial charge in [0.1, 0.15) is 6.04 Å². The molecular weight excluding hydrogens is 160 g/mol. The van der Waals surface area contributed by atoms with Crippen molar-refractivity contribution in [2.75, 3.05) is 11.2 Å². The van der Waals surface area contributed by atoms with E-state index in [1.54, 1.807) is 6.20 Å². The lowest BCUT2D eigenvalue weighted by molar-refractivity contribution is -0.137. The first-order chi connectivity index (χ1) is 5.61. The molecule has 0 fully saturated rings. The smallest absolute Gasteiger partial charge is 0.327 e. The van der Waals surface area contributed by atoms with Crippen molar-refractivity contribution in [3.8, 4) is 0 Å². The molecule has 1 atom stereocenters. The van der Waals surface area contributed by atoms with E-state index in [4.69, 9.17) is 10.8 Å². The Kier molecular flexibility index (Phi) is 2.18. The first-order valence-corrected chi connectivity index (χ1v) is 3.39. The fraction of sp³-hybridized carbons (Fsp3) is 0.333. The minimum Gasteiger partial charge on any atom is -0.480 e. The number of anilines is 1. The molecule has 4 N–H and O–H groups in total. The largest absolute Gasteiger partial charge is 0.480 e.